The predicted molar refractivity (Wildman–Crippen MR) is 127 cm³/mol. The Morgan fingerprint density at radius 2 is 1.78 bits per heavy atom. The summed E-state index contributed by atoms with van der Waals surface area (Å²) in [5.41, 5.74) is 3.05. The molecule has 0 aliphatic heterocycles. The monoisotopic (exact) mass is 464 g/mol. The summed E-state index contributed by atoms with van der Waals surface area (Å²) >= 11 is 1.51. The molecule has 0 spiro atoms. The maximum absolute atomic E-state index is 13.2. The lowest BCUT2D eigenvalue weighted by Gasteiger charge is -2.13. The molecule has 0 radical (unpaired) electrons. The van der Waals surface area contributed by atoms with Gasteiger partial charge < -0.3 is 10.1 Å². The van der Waals surface area contributed by atoms with Gasteiger partial charge in [0.25, 0.3) is 5.91 Å². The van der Waals surface area contributed by atoms with Gasteiger partial charge in [-0.3, -0.25) is 4.79 Å². The van der Waals surface area contributed by atoms with Gasteiger partial charge in [0.05, 0.1) is 12.0 Å². The Morgan fingerprint density at radius 3 is 2.50 bits per heavy atom. The van der Waals surface area contributed by atoms with E-state index in [1.54, 1.807) is 37.6 Å². The van der Waals surface area contributed by atoms with Gasteiger partial charge in [0.15, 0.2) is 9.84 Å². The molecule has 4 rings (SSSR count). The van der Waals surface area contributed by atoms with E-state index in [2.05, 4.69) is 10.3 Å². The van der Waals surface area contributed by atoms with Gasteiger partial charge in [0.1, 0.15) is 10.8 Å². The van der Waals surface area contributed by atoms with Crippen LogP contribution in [0.5, 0.6) is 5.75 Å². The zero-order valence-corrected chi connectivity index (χ0v) is 19.0. The van der Waals surface area contributed by atoms with Gasteiger partial charge in [0.2, 0.25) is 0 Å². The molecule has 6 nitrogen and oxygen atoms in total. The molecular formula is C24H20N2O4S2. The normalized spacial score (nSPS) is 11.2. The number of methoxy groups -OCH3 is 1. The first-order valence-electron chi connectivity index (χ1n) is 9.65. The van der Waals surface area contributed by atoms with E-state index in [9.17, 15) is 13.2 Å². The van der Waals surface area contributed by atoms with Crippen LogP contribution in [0.25, 0.3) is 21.7 Å². The number of anilines is 1. The van der Waals surface area contributed by atoms with Gasteiger partial charge in [-0.15, -0.1) is 11.3 Å². The number of rotatable bonds is 6. The van der Waals surface area contributed by atoms with Gasteiger partial charge in [-0.1, -0.05) is 24.3 Å². The first-order chi connectivity index (χ1) is 15.3. The number of hydrogen-bond acceptors (Lipinski definition) is 6. The molecule has 0 bridgehead atoms. The van der Waals surface area contributed by atoms with Crippen molar-refractivity contribution in [3.05, 3.63) is 83.9 Å². The zero-order chi connectivity index (χ0) is 22.7. The van der Waals surface area contributed by atoms with Gasteiger partial charge in [-0.2, -0.15) is 0 Å². The van der Waals surface area contributed by atoms with E-state index in [-0.39, 0.29) is 10.8 Å². The molecule has 4 aromatic rings. The number of thiazole rings is 1. The highest BCUT2D eigenvalue weighted by Crippen LogP contribution is 2.31. The van der Waals surface area contributed by atoms with Crippen LogP contribution >= 0.6 is 11.3 Å². The average Bonchev–Trinajstić information content (AvgIpc) is 3.33. The molecule has 0 saturated heterocycles. The predicted octanol–water partition coefficient (Wildman–Crippen LogP) is 5.14. The van der Waals surface area contributed by atoms with Crippen LogP contribution in [-0.2, 0) is 9.84 Å². The summed E-state index contributed by atoms with van der Waals surface area (Å²) in [6.45, 7) is 0. The molecular weight excluding hydrogens is 444 g/mol. The molecule has 162 valence electrons. The van der Waals surface area contributed by atoms with E-state index in [0.29, 0.717) is 28.1 Å². The van der Waals surface area contributed by atoms with Crippen LogP contribution in [0, 0.1) is 0 Å². The van der Waals surface area contributed by atoms with E-state index in [1.165, 1.54) is 29.5 Å². The van der Waals surface area contributed by atoms with Crippen molar-refractivity contribution in [3.63, 3.8) is 0 Å². The lowest BCUT2D eigenvalue weighted by Crippen LogP contribution is -2.14. The second-order valence-electron chi connectivity index (χ2n) is 7.08. The Morgan fingerprint density at radius 1 is 1.00 bits per heavy atom. The topological polar surface area (TPSA) is 85.4 Å². The van der Waals surface area contributed by atoms with Crippen LogP contribution in [0.3, 0.4) is 0 Å². The molecule has 1 heterocycles. The Labute approximate surface area is 190 Å². The smallest absolute Gasteiger partial charge is 0.256 e. The van der Waals surface area contributed by atoms with Gasteiger partial charge in [0, 0.05) is 34.6 Å². The number of sulfone groups is 1. The number of nitrogens with one attached hydrogen (secondary N) is 1. The minimum absolute atomic E-state index is 0.137. The maximum Gasteiger partial charge on any atom is 0.256 e. The summed E-state index contributed by atoms with van der Waals surface area (Å²) in [6, 6.07) is 19.1. The summed E-state index contributed by atoms with van der Waals surface area (Å²) in [7, 11) is -1.90. The fraction of sp³-hybridized carbons (Fsp3) is 0.0833. The largest absolute Gasteiger partial charge is 0.497 e. The number of aromatic nitrogens is 1. The Kier molecular flexibility index (Phi) is 6.07. The van der Waals surface area contributed by atoms with Crippen molar-refractivity contribution in [1.82, 2.24) is 4.98 Å². The quantitative estimate of drug-likeness (QED) is 0.427. The number of hydrogen-bond donors (Lipinski definition) is 1. The molecule has 0 fully saturated rings. The molecule has 1 N–H and O–H groups in total. The maximum atomic E-state index is 13.2. The Balaban J connectivity index is 1.74. The Hall–Kier alpha value is -3.49. The minimum atomic E-state index is -3.45. The van der Waals surface area contributed by atoms with Crippen LogP contribution in [0.4, 0.5) is 5.69 Å². The molecule has 0 atom stereocenters. The SMILES string of the molecule is COc1cccc(-c2cc(S(C)(=O)=O)ccc2C(=O)Nc2cccc(-c3nccs3)c2)c1. The lowest BCUT2D eigenvalue weighted by atomic mass is 9.98. The van der Waals surface area contributed by atoms with Crippen LogP contribution in [-0.4, -0.2) is 32.7 Å². The first-order valence-corrected chi connectivity index (χ1v) is 12.4. The average molecular weight is 465 g/mol. The summed E-state index contributed by atoms with van der Waals surface area (Å²) in [5, 5.41) is 5.67. The molecule has 0 aliphatic rings. The number of amides is 1. The van der Waals surface area contributed by atoms with Crippen molar-refractivity contribution < 1.29 is 17.9 Å². The number of benzene rings is 3. The van der Waals surface area contributed by atoms with Crippen LogP contribution < -0.4 is 10.1 Å². The standard InChI is InChI=1S/C24H20N2O4S2/c1-30-19-8-4-5-16(14-19)22-15-20(32(2,28)29)9-10-21(22)23(27)26-18-7-3-6-17(13-18)24-25-11-12-31-24/h3-15H,1-2H3,(H,26,27). The van der Waals surface area contributed by atoms with Gasteiger partial charge >= 0.3 is 0 Å². The van der Waals surface area contributed by atoms with Crippen molar-refractivity contribution in [2.45, 2.75) is 4.90 Å². The molecule has 0 unspecified atom stereocenters. The van der Waals surface area contributed by atoms with E-state index >= 15 is 0 Å². The minimum Gasteiger partial charge on any atom is -0.497 e. The van der Waals surface area contributed by atoms with E-state index < -0.39 is 9.84 Å². The summed E-state index contributed by atoms with van der Waals surface area (Å²) in [6.07, 6.45) is 2.87. The molecule has 0 aliphatic carbocycles. The van der Waals surface area contributed by atoms with E-state index in [0.717, 1.165) is 16.8 Å². The number of carbonyl (C=O) groups excluding carboxylic acids is 1. The van der Waals surface area contributed by atoms with Crippen LogP contribution in [0.1, 0.15) is 10.4 Å². The van der Waals surface area contributed by atoms with E-state index in [1.807, 2.05) is 29.6 Å². The molecule has 0 saturated carbocycles. The van der Waals surface area contributed by atoms with Gasteiger partial charge in [-0.05, 0) is 53.6 Å². The fourth-order valence-electron chi connectivity index (χ4n) is 3.28. The highest BCUT2D eigenvalue weighted by atomic mass is 32.2. The van der Waals surface area contributed by atoms with Crippen molar-refractivity contribution in [2.24, 2.45) is 0 Å². The second-order valence-corrected chi connectivity index (χ2v) is 9.99. The van der Waals surface area contributed by atoms with Crippen molar-refractivity contribution in [2.75, 3.05) is 18.7 Å². The zero-order valence-electron chi connectivity index (χ0n) is 17.4. The molecule has 3 aromatic carbocycles. The number of carbonyl (C=O) groups is 1. The lowest BCUT2D eigenvalue weighted by molar-refractivity contribution is 0.102. The molecule has 8 heteroatoms. The molecule has 1 aromatic heterocycles. The van der Waals surface area contributed by atoms with Crippen LogP contribution in [0.15, 0.2) is 83.2 Å². The third-order valence-electron chi connectivity index (χ3n) is 4.84. The number of nitrogens with zero attached hydrogens (tertiary/aromatic N) is 1. The highest BCUT2D eigenvalue weighted by Gasteiger charge is 2.18. The fourth-order valence-corrected chi connectivity index (χ4v) is 4.56. The summed E-state index contributed by atoms with van der Waals surface area (Å²) in [5.74, 6) is 0.258. The van der Waals surface area contributed by atoms with E-state index in [4.69, 9.17) is 4.74 Å². The number of ether oxygens (including phenoxy) is 1. The molecule has 1 amide bonds. The first kappa shape index (κ1) is 21.7. The second kappa shape index (κ2) is 8.94. The third-order valence-corrected chi connectivity index (χ3v) is 6.78. The van der Waals surface area contributed by atoms with Gasteiger partial charge in [-0.25, -0.2) is 13.4 Å². The third kappa shape index (κ3) is 4.71. The van der Waals surface area contributed by atoms with Crippen molar-refractivity contribution in [3.8, 4) is 27.4 Å². The van der Waals surface area contributed by atoms with Crippen molar-refractivity contribution >= 4 is 32.8 Å². The molecule has 32 heavy (non-hydrogen) atoms. The summed E-state index contributed by atoms with van der Waals surface area (Å²) < 4.78 is 29.6. The summed E-state index contributed by atoms with van der Waals surface area (Å²) in [4.78, 5) is 17.7. The highest BCUT2D eigenvalue weighted by molar-refractivity contribution is 7.90. The Bertz CT molecular complexity index is 1380. The van der Waals surface area contributed by atoms with Crippen molar-refractivity contribution in [1.29, 1.82) is 0 Å². The van der Waals surface area contributed by atoms with Crippen LogP contribution in [0.2, 0.25) is 0 Å².